The molecule has 3 aliphatic rings. The average Bonchev–Trinajstić information content (AvgIpc) is 3.13. The number of hydrogen-bond acceptors (Lipinski definition) is 1. The van der Waals surface area contributed by atoms with Gasteiger partial charge in [-0.2, -0.15) is 0 Å². The summed E-state index contributed by atoms with van der Waals surface area (Å²) in [6, 6.07) is 0. The number of carbonyl (C=O) groups is 1. The first kappa shape index (κ1) is 22.4. The molecule has 0 bridgehead atoms. The molecule has 0 radical (unpaired) electrons. The third-order valence-electron chi connectivity index (χ3n) is 8.57. The molecule has 3 fully saturated rings. The van der Waals surface area contributed by atoms with E-state index in [9.17, 15) is 4.79 Å². The average molecular weight is 428 g/mol. The summed E-state index contributed by atoms with van der Waals surface area (Å²) in [6.45, 7) is 11.3. The SMILES string of the molecule is CC.CCCC1(CC)C(CC)CCC2C3CCC(C(=O)CBr)C3CCC21. The van der Waals surface area contributed by atoms with Crippen molar-refractivity contribution in [3.05, 3.63) is 0 Å². The number of fused-ring (bicyclic) bond motifs is 3. The van der Waals surface area contributed by atoms with Crippen LogP contribution >= 0.6 is 15.9 Å². The number of alkyl halides is 1. The lowest BCUT2D eigenvalue weighted by molar-refractivity contribution is -0.124. The van der Waals surface area contributed by atoms with Gasteiger partial charge in [0.2, 0.25) is 0 Å². The predicted molar refractivity (Wildman–Crippen MR) is 117 cm³/mol. The normalized spacial score (nSPS) is 41.6. The molecule has 26 heavy (non-hydrogen) atoms. The third kappa shape index (κ3) is 3.83. The van der Waals surface area contributed by atoms with E-state index in [2.05, 4.69) is 36.7 Å². The van der Waals surface area contributed by atoms with Crippen molar-refractivity contribution in [1.82, 2.24) is 0 Å². The topological polar surface area (TPSA) is 17.1 Å². The summed E-state index contributed by atoms with van der Waals surface area (Å²) in [7, 11) is 0. The lowest BCUT2D eigenvalue weighted by Gasteiger charge is -2.58. The van der Waals surface area contributed by atoms with Gasteiger partial charge in [-0.15, -0.1) is 0 Å². The first-order valence-corrected chi connectivity index (χ1v) is 12.8. The summed E-state index contributed by atoms with van der Waals surface area (Å²) in [4.78, 5) is 12.4. The standard InChI is InChI=1S/C22H37BrO.C2H6/c1-4-13-22(6-3)15(5-2)7-8-18-16-9-10-19(21(24)14-23)17(16)11-12-20(18)22;1-2/h15-20H,4-14H2,1-3H3;1-2H3. The molecule has 0 N–H and O–H groups in total. The Kier molecular flexibility index (Phi) is 8.70. The fourth-order valence-corrected chi connectivity index (χ4v) is 8.15. The molecule has 2 heteroatoms. The lowest BCUT2D eigenvalue weighted by atomic mass is 9.47. The van der Waals surface area contributed by atoms with Crippen LogP contribution in [0.3, 0.4) is 0 Å². The summed E-state index contributed by atoms with van der Waals surface area (Å²) in [6.07, 6.45) is 13.7. The molecule has 3 saturated carbocycles. The summed E-state index contributed by atoms with van der Waals surface area (Å²) in [5.41, 5.74) is 0.606. The van der Waals surface area contributed by atoms with Gasteiger partial charge in [0, 0.05) is 5.92 Å². The quantitative estimate of drug-likeness (QED) is 0.398. The van der Waals surface area contributed by atoms with Gasteiger partial charge in [0.15, 0.2) is 0 Å². The van der Waals surface area contributed by atoms with Crippen molar-refractivity contribution in [3.8, 4) is 0 Å². The van der Waals surface area contributed by atoms with Crippen molar-refractivity contribution in [3.63, 3.8) is 0 Å². The summed E-state index contributed by atoms with van der Waals surface area (Å²) in [5.74, 6) is 5.25. The van der Waals surface area contributed by atoms with Crippen LogP contribution in [0.5, 0.6) is 0 Å². The molecule has 3 rings (SSSR count). The van der Waals surface area contributed by atoms with Crippen LogP contribution in [-0.2, 0) is 4.79 Å². The maximum atomic E-state index is 12.4. The molecule has 0 saturated heterocycles. The molecule has 1 nitrogen and oxygen atoms in total. The fraction of sp³-hybridized carbons (Fsp3) is 0.958. The maximum Gasteiger partial charge on any atom is 0.146 e. The second kappa shape index (κ2) is 10.1. The minimum absolute atomic E-state index is 0.376. The van der Waals surface area contributed by atoms with Crippen LogP contribution in [0.4, 0.5) is 0 Å². The number of rotatable bonds is 6. The molecule has 0 heterocycles. The van der Waals surface area contributed by atoms with Crippen LogP contribution in [0, 0.1) is 40.9 Å². The Balaban J connectivity index is 0.00000117. The number of hydrogen-bond donors (Lipinski definition) is 0. The van der Waals surface area contributed by atoms with Crippen LogP contribution in [-0.4, -0.2) is 11.1 Å². The van der Waals surface area contributed by atoms with Crippen molar-refractivity contribution >= 4 is 21.7 Å². The Labute approximate surface area is 171 Å². The molecule has 3 aliphatic carbocycles. The van der Waals surface area contributed by atoms with E-state index in [-0.39, 0.29) is 0 Å². The van der Waals surface area contributed by atoms with Crippen LogP contribution in [0.1, 0.15) is 98.8 Å². The highest BCUT2D eigenvalue weighted by atomic mass is 79.9. The van der Waals surface area contributed by atoms with E-state index in [0.29, 0.717) is 28.4 Å². The van der Waals surface area contributed by atoms with E-state index in [1.807, 2.05) is 13.8 Å². The molecule has 0 aromatic rings. The van der Waals surface area contributed by atoms with Gasteiger partial charge in [-0.05, 0) is 86.4 Å². The van der Waals surface area contributed by atoms with Crippen LogP contribution in [0.15, 0.2) is 0 Å². The molecule has 152 valence electrons. The minimum Gasteiger partial charge on any atom is -0.298 e. The minimum atomic E-state index is 0.376. The van der Waals surface area contributed by atoms with Crippen molar-refractivity contribution in [1.29, 1.82) is 0 Å². The monoisotopic (exact) mass is 426 g/mol. The molecule has 7 atom stereocenters. The highest BCUT2D eigenvalue weighted by Gasteiger charge is 2.56. The molecule has 0 amide bonds. The van der Waals surface area contributed by atoms with E-state index in [0.717, 1.165) is 23.7 Å². The van der Waals surface area contributed by atoms with Crippen LogP contribution in [0.25, 0.3) is 0 Å². The number of halogens is 1. The molecule has 0 aromatic carbocycles. The van der Waals surface area contributed by atoms with Gasteiger partial charge in [0.1, 0.15) is 5.78 Å². The van der Waals surface area contributed by atoms with Gasteiger partial charge in [-0.25, -0.2) is 0 Å². The second-order valence-corrected chi connectivity index (χ2v) is 9.54. The van der Waals surface area contributed by atoms with Gasteiger partial charge in [-0.3, -0.25) is 4.79 Å². The van der Waals surface area contributed by atoms with Gasteiger partial charge in [0.25, 0.3) is 0 Å². The highest BCUT2D eigenvalue weighted by molar-refractivity contribution is 9.09. The van der Waals surface area contributed by atoms with E-state index in [4.69, 9.17) is 0 Å². The van der Waals surface area contributed by atoms with E-state index in [1.165, 1.54) is 64.2 Å². The van der Waals surface area contributed by atoms with Crippen molar-refractivity contribution in [2.45, 2.75) is 98.8 Å². The molecule has 0 aliphatic heterocycles. The summed E-state index contributed by atoms with van der Waals surface area (Å²) < 4.78 is 0. The smallest absolute Gasteiger partial charge is 0.146 e. The molecule has 0 aromatic heterocycles. The number of Topliss-reactive ketones (excluding diaryl/α,β-unsaturated/α-hetero) is 1. The van der Waals surface area contributed by atoms with Crippen LogP contribution in [0.2, 0.25) is 0 Å². The molecule has 0 spiro atoms. The van der Waals surface area contributed by atoms with Gasteiger partial charge >= 0.3 is 0 Å². The molecular formula is C24H43BrO. The Morgan fingerprint density at radius 2 is 1.58 bits per heavy atom. The second-order valence-electron chi connectivity index (χ2n) is 8.98. The predicted octanol–water partition coefficient (Wildman–Crippen LogP) is 7.66. The maximum absolute atomic E-state index is 12.4. The zero-order chi connectivity index (χ0) is 19.3. The number of ketones is 1. The first-order valence-electron chi connectivity index (χ1n) is 11.7. The lowest BCUT2D eigenvalue weighted by Crippen LogP contribution is -2.50. The van der Waals surface area contributed by atoms with Crippen molar-refractivity contribution in [2.75, 3.05) is 5.33 Å². The summed E-state index contributed by atoms with van der Waals surface area (Å²) >= 11 is 3.43. The van der Waals surface area contributed by atoms with Gasteiger partial charge < -0.3 is 0 Å². The number of carbonyl (C=O) groups excluding carboxylic acids is 1. The van der Waals surface area contributed by atoms with E-state index < -0.39 is 0 Å². The van der Waals surface area contributed by atoms with Crippen molar-refractivity contribution < 1.29 is 4.79 Å². The first-order chi connectivity index (χ1) is 12.6. The zero-order valence-electron chi connectivity index (χ0n) is 18.0. The van der Waals surface area contributed by atoms with E-state index >= 15 is 0 Å². The Morgan fingerprint density at radius 3 is 2.15 bits per heavy atom. The largest absolute Gasteiger partial charge is 0.298 e. The van der Waals surface area contributed by atoms with Crippen LogP contribution < -0.4 is 0 Å². The fourth-order valence-electron chi connectivity index (χ4n) is 7.73. The molecular weight excluding hydrogens is 384 g/mol. The van der Waals surface area contributed by atoms with E-state index in [1.54, 1.807) is 0 Å². The Bertz CT molecular complexity index is 447. The van der Waals surface area contributed by atoms with Crippen molar-refractivity contribution in [2.24, 2.45) is 40.9 Å². The van der Waals surface area contributed by atoms with Gasteiger partial charge in [0.05, 0.1) is 5.33 Å². The highest BCUT2D eigenvalue weighted by Crippen LogP contribution is 2.63. The summed E-state index contributed by atoms with van der Waals surface area (Å²) in [5, 5.41) is 0.571. The van der Waals surface area contributed by atoms with Gasteiger partial charge in [-0.1, -0.05) is 63.4 Å². The Morgan fingerprint density at radius 1 is 0.923 bits per heavy atom. The molecule has 7 unspecified atom stereocenters. The third-order valence-corrected chi connectivity index (χ3v) is 9.12. The zero-order valence-corrected chi connectivity index (χ0v) is 19.6. The Hall–Kier alpha value is 0.150.